The highest BCUT2D eigenvalue weighted by molar-refractivity contribution is 7.92. The molecule has 0 bridgehead atoms. The van der Waals surface area contributed by atoms with Crippen LogP contribution in [-0.4, -0.2) is 39.8 Å². The van der Waals surface area contributed by atoms with Gasteiger partial charge in [-0.15, -0.1) is 0 Å². The Labute approximate surface area is 138 Å². The Hall–Kier alpha value is -1.76. The van der Waals surface area contributed by atoms with E-state index in [9.17, 15) is 13.2 Å². The zero-order valence-electron chi connectivity index (χ0n) is 14.2. The molecule has 0 heterocycles. The van der Waals surface area contributed by atoms with Gasteiger partial charge in [-0.25, -0.2) is 8.42 Å². The zero-order valence-corrected chi connectivity index (χ0v) is 15.0. The normalized spacial score (nSPS) is 11.3. The van der Waals surface area contributed by atoms with Gasteiger partial charge in [-0.1, -0.05) is 19.1 Å². The van der Waals surface area contributed by atoms with Crippen molar-refractivity contribution in [1.82, 2.24) is 5.32 Å². The van der Waals surface area contributed by atoms with E-state index < -0.39 is 10.0 Å². The number of carbonyl (C=O) groups excluding carboxylic acids is 1. The van der Waals surface area contributed by atoms with E-state index >= 15 is 0 Å². The van der Waals surface area contributed by atoms with E-state index in [1.54, 1.807) is 24.3 Å². The fourth-order valence-electron chi connectivity index (χ4n) is 2.04. The molecule has 0 aromatic heterocycles. The molecular formula is C16H26N2O4S. The first-order valence-electron chi connectivity index (χ1n) is 7.75. The van der Waals surface area contributed by atoms with Crippen LogP contribution in [0.15, 0.2) is 24.3 Å². The third kappa shape index (κ3) is 6.48. The molecule has 6 nitrogen and oxygen atoms in total. The molecule has 1 amide bonds. The zero-order chi connectivity index (χ0) is 17.5. The Morgan fingerprint density at radius 1 is 1.30 bits per heavy atom. The number of benzene rings is 1. The highest BCUT2D eigenvalue weighted by Gasteiger charge is 2.22. The Bertz CT molecular complexity index is 614. The van der Waals surface area contributed by atoms with E-state index in [1.165, 1.54) is 4.31 Å². The second-order valence-electron chi connectivity index (χ2n) is 5.57. The van der Waals surface area contributed by atoms with Gasteiger partial charge in [0.25, 0.3) is 0 Å². The molecule has 0 unspecified atom stereocenters. The van der Waals surface area contributed by atoms with Crippen molar-refractivity contribution in [3.63, 3.8) is 0 Å². The molecule has 23 heavy (non-hydrogen) atoms. The number of anilines is 1. The van der Waals surface area contributed by atoms with Gasteiger partial charge in [0.2, 0.25) is 15.9 Å². The lowest BCUT2D eigenvalue weighted by Gasteiger charge is -2.25. The van der Waals surface area contributed by atoms with Crippen LogP contribution in [-0.2, 0) is 14.8 Å². The molecule has 1 N–H and O–H groups in total. The van der Waals surface area contributed by atoms with Crippen LogP contribution in [0.1, 0.15) is 33.6 Å². The molecule has 1 aromatic carbocycles. The van der Waals surface area contributed by atoms with Gasteiger partial charge < -0.3 is 10.1 Å². The quantitative estimate of drug-likeness (QED) is 0.746. The first-order chi connectivity index (χ1) is 10.8. The van der Waals surface area contributed by atoms with Crippen molar-refractivity contribution >= 4 is 21.6 Å². The standard InChI is InChI=1S/C16H26N2O4S/c1-5-11-17-16(19)10-12-18(23(4,20)21)14-8-6-7-9-15(14)22-13(2)3/h6-9,13H,5,10-12H2,1-4H3,(H,17,19). The first kappa shape index (κ1) is 19.3. The van der Waals surface area contributed by atoms with Crippen molar-refractivity contribution in [3.05, 3.63) is 24.3 Å². The van der Waals surface area contributed by atoms with Gasteiger partial charge in [-0.3, -0.25) is 9.10 Å². The van der Waals surface area contributed by atoms with Gasteiger partial charge in [-0.2, -0.15) is 0 Å². The van der Waals surface area contributed by atoms with Gasteiger partial charge in [0.05, 0.1) is 18.0 Å². The maximum atomic E-state index is 12.1. The predicted octanol–water partition coefficient (Wildman–Crippen LogP) is 2.16. The van der Waals surface area contributed by atoms with Crippen molar-refractivity contribution in [2.75, 3.05) is 23.7 Å². The minimum Gasteiger partial charge on any atom is -0.489 e. The molecule has 0 fully saturated rings. The molecule has 0 aliphatic carbocycles. The topological polar surface area (TPSA) is 75.7 Å². The summed E-state index contributed by atoms with van der Waals surface area (Å²) in [5, 5.41) is 2.75. The number of sulfonamides is 1. The molecule has 0 atom stereocenters. The van der Waals surface area contributed by atoms with E-state index in [0.717, 1.165) is 12.7 Å². The number of ether oxygens (including phenoxy) is 1. The molecule has 0 saturated carbocycles. The highest BCUT2D eigenvalue weighted by Crippen LogP contribution is 2.30. The lowest BCUT2D eigenvalue weighted by atomic mass is 10.2. The molecule has 1 rings (SSSR count). The Balaban J connectivity index is 2.98. The van der Waals surface area contributed by atoms with E-state index in [-0.39, 0.29) is 25.0 Å². The Kier molecular flexibility index (Phi) is 7.35. The van der Waals surface area contributed by atoms with Gasteiger partial charge >= 0.3 is 0 Å². The number of hydrogen-bond donors (Lipinski definition) is 1. The van der Waals surface area contributed by atoms with Gasteiger partial charge in [0.1, 0.15) is 5.75 Å². The van der Waals surface area contributed by atoms with Crippen molar-refractivity contribution in [3.8, 4) is 5.75 Å². The molecular weight excluding hydrogens is 316 g/mol. The SMILES string of the molecule is CCCNC(=O)CCN(c1ccccc1OC(C)C)S(C)(=O)=O. The summed E-state index contributed by atoms with van der Waals surface area (Å²) in [4.78, 5) is 11.8. The van der Waals surface area contributed by atoms with Gasteiger partial charge in [0.15, 0.2) is 0 Å². The molecule has 130 valence electrons. The molecule has 0 spiro atoms. The van der Waals surface area contributed by atoms with Crippen molar-refractivity contribution < 1.29 is 17.9 Å². The smallest absolute Gasteiger partial charge is 0.232 e. The summed E-state index contributed by atoms with van der Waals surface area (Å²) in [5.74, 6) is 0.324. The fourth-order valence-corrected chi connectivity index (χ4v) is 2.97. The van der Waals surface area contributed by atoms with E-state index in [1.807, 2.05) is 20.8 Å². The van der Waals surface area contributed by atoms with Gasteiger partial charge in [-0.05, 0) is 32.4 Å². The molecule has 0 saturated heterocycles. The molecule has 0 radical (unpaired) electrons. The Morgan fingerprint density at radius 2 is 1.96 bits per heavy atom. The van der Waals surface area contributed by atoms with Crippen LogP contribution < -0.4 is 14.4 Å². The first-order valence-corrected chi connectivity index (χ1v) is 9.60. The third-order valence-electron chi connectivity index (χ3n) is 3.01. The summed E-state index contributed by atoms with van der Waals surface area (Å²) in [7, 11) is -3.52. The highest BCUT2D eigenvalue weighted by atomic mass is 32.2. The maximum absolute atomic E-state index is 12.1. The second kappa shape index (κ2) is 8.76. The summed E-state index contributed by atoms with van der Waals surface area (Å²) in [5.41, 5.74) is 0.451. The maximum Gasteiger partial charge on any atom is 0.232 e. The molecule has 1 aromatic rings. The third-order valence-corrected chi connectivity index (χ3v) is 4.19. The predicted molar refractivity (Wildman–Crippen MR) is 92.3 cm³/mol. The molecule has 7 heteroatoms. The van der Waals surface area contributed by atoms with E-state index in [2.05, 4.69) is 5.32 Å². The summed E-state index contributed by atoms with van der Waals surface area (Å²) in [6, 6.07) is 6.95. The number of nitrogens with zero attached hydrogens (tertiary/aromatic N) is 1. The number of hydrogen-bond acceptors (Lipinski definition) is 4. The number of rotatable bonds is 9. The molecule has 0 aliphatic heterocycles. The van der Waals surface area contributed by atoms with Crippen LogP contribution in [0.4, 0.5) is 5.69 Å². The second-order valence-corrected chi connectivity index (χ2v) is 7.48. The lowest BCUT2D eigenvalue weighted by Crippen LogP contribution is -2.35. The van der Waals surface area contributed by atoms with E-state index in [0.29, 0.717) is 18.0 Å². The number of carbonyl (C=O) groups is 1. The lowest BCUT2D eigenvalue weighted by molar-refractivity contribution is -0.120. The summed E-state index contributed by atoms with van der Waals surface area (Å²) < 4.78 is 31.2. The minimum absolute atomic E-state index is 0.0762. The number of nitrogens with one attached hydrogen (secondary N) is 1. The summed E-state index contributed by atoms with van der Waals surface area (Å²) in [6.45, 7) is 6.37. The van der Waals surface area contributed by atoms with Crippen LogP contribution in [0.5, 0.6) is 5.75 Å². The summed E-state index contributed by atoms with van der Waals surface area (Å²) >= 11 is 0. The van der Waals surface area contributed by atoms with Gasteiger partial charge in [0, 0.05) is 19.5 Å². The number of para-hydroxylation sites is 2. The van der Waals surface area contributed by atoms with Crippen LogP contribution in [0.3, 0.4) is 0 Å². The molecule has 0 aliphatic rings. The van der Waals surface area contributed by atoms with Crippen LogP contribution >= 0.6 is 0 Å². The average molecular weight is 342 g/mol. The minimum atomic E-state index is -3.52. The van der Waals surface area contributed by atoms with Crippen LogP contribution in [0, 0.1) is 0 Å². The van der Waals surface area contributed by atoms with Crippen LogP contribution in [0.2, 0.25) is 0 Å². The Morgan fingerprint density at radius 3 is 2.52 bits per heavy atom. The van der Waals surface area contributed by atoms with Crippen molar-refractivity contribution in [2.45, 2.75) is 39.7 Å². The largest absolute Gasteiger partial charge is 0.489 e. The monoisotopic (exact) mass is 342 g/mol. The number of amides is 1. The van der Waals surface area contributed by atoms with Crippen molar-refractivity contribution in [2.24, 2.45) is 0 Å². The van der Waals surface area contributed by atoms with Crippen LogP contribution in [0.25, 0.3) is 0 Å². The average Bonchev–Trinajstić information content (AvgIpc) is 2.45. The fraction of sp³-hybridized carbons (Fsp3) is 0.562. The summed E-state index contributed by atoms with van der Waals surface area (Å²) in [6.07, 6.45) is 1.99. The van der Waals surface area contributed by atoms with Crippen molar-refractivity contribution in [1.29, 1.82) is 0 Å². The van der Waals surface area contributed by atoms with E-state index in [4.69, 9.17) is 4.74 Å².